The molecule has 0 saturated carbocycles. The first kappa shape index (κ1) is 12.0. The van der Waals surface area contributed by atoms with Gasteiger partial charge in [-0.1, -0.05) is 13.8 Å². The summed E-state index contributed by atoms with van der Waals surface area (Å²) in [6, 6.07) is 0.181. The van der Waals surface area contributed by atoms with E-state index in [9.17, 15) is 8.42 Å². The quantitative estimate of drug-likeness (QED) is 0.670. The van der Waals surface area contributed by atoms with E-state index in [1.165, 1.54) is 0 Å². The largest absolute Gasteiger partial charge is 0.281 e. The molecular formula is C10H21NO2S. The van der Waals surface area contributed by atoms with Gasteiger partial charge in [0.2, 0.25) is 0 Å². The van der Waals surface area contributed by atoms with E-state index in [1.807, 2.05) is 0 Å². The Morgan fingerprint density at radius 3 is 2.07 bits per heavy atom. The predicted molar refractivity (Wildman–Crippen MR) is 58.9 cm³/mol. The lowest BCUT2D eigenvalue weighted by Crippen LogP contribution is -2.47. The summed E-state index contributed by atoms with van der Waals surface area (Å²) >= 11 is 0. The van der Waals surface area contributed by atoms with E-state index in [4.69, 9.17) is 0 Å². The van der Waals surface area contributed by atoms with Crippen molar-refractivity contribution in [3.8, 4) is 0 Å². The van der Waals surface area contributed by atoms with E-state index < -0.39 is 9.84 Å². The van der Waals surface area contributed by atoms with Crippen LogP contribution < -0.4 is 0 Å². The van der Waals surface area contributed by atoms with Crippen LogP contribution in [0.2, 0.25) is 0 Å². The zero-order valence-electron chi connectivity index (χ0n) is 9.74. The minimum atomic E-state index is -2.85. The topological polar surface area (TPSA) is 37.4 Å². The molecule has 0 aliphatic carbocycles. The van der Waals surface area contributed by atoms with Gasteiger partial charge in [0.15, 0.2) is 9.84 Å². The fraction of sp³-hybridized carbons (Fsp3) is 1.00. The Morgan fingerprint density at radius 1 is 1.29 bits per heavy atom. The molecule has 0 radical (unpaired) electrons. The predicted octanol–water partition coefficient (Wildman–Crippen LogP) is 1.50. The van der Waals surface area contributed by atoms with Crippen LogP contribution in [0, 0.1) is 5.92 Å². The summed E-state index contributed by atoms with van der Waals surface area (Å²) in [6.45, 7) is 10.4. The van der Waals surface area contributed by atoms with Gasteiger partial charge in [0.25, 0.3) is 0 Å². The normalized spacial score (nSPS) is 28.6. The molecule has 0 spiro atoms. The summed E-state index contributed by atoms with van der Waals surface area (Å²) in [7, 11) is -2.85. The molecule has 1 atom stereocenters. The van der Waals surface area contributed by atoms with Crippen LogP contribution in [0.15, 0.2) is 0 Å². The van der Waals surface area contributed by atoms with Crippen molar-refractivity contribution in [2.75, 3.05) is 11.6 Å². The molecule has 1 rings (SSSR count). The van der Waals surface area contributed by atoms with Gasteiger partial charge in [-0.3, -0.25) is 4.90 Å². The molecule has 1 heterocycles. The molecule has 0 aromatic rings. The minimum Gasteiger partial charge on any atom is -0.281 e. The first-order chi connectivity index (χ1) is 6.13. The monoisotopic (exact) mass is 219 g/mol. The van der Waals surface area contributed by atoms with E-state index in [0.29, 0.717) is 11.7 Å². The van der Waals surface area contributed by atoms with Crippen LogP contribution in [0.25, 0.3) is 0 Å². The smallest absolute Gasteiger partial charge is 0.165 e. The standard InChI is InChI=1S/C10H21NO2S/c1-8(2)9-6-14(12,13)7-11(9)10(3,4)5/h8-9H,6-7H2,1-5H3. The number of nitrogens with zero attached hydrogens (tertiary/aromatic N) is 1. The Labute approximate surface area is 87.4 Å². The fourth-order valence-corrected chi connectivity index (χ4v) is 4.15. The molecule has 14 heavy (non-hydrogen) atoms. The second kappa shape index (κ2) is 3.49. The van der Waals surface area contributed by atoms with Gasteiger partial charge in [-0.25, -0.2) is 8.42 Å². The fourth-order valence-electron chi connectivity index (χ4n) is 1.95. The van der Waals surface area contributed by atoms with Crippen molar-refractivity contribution in [1.29, 1.82) is 0 Å². The molecule has 1 unspecified atom stereocenters. The van der Waals surface area contributed by atoms with Gasteiger partial charge >= 0.3 is 0 Å². The second-order valence-electron chi connectivity index (χ2n) is 5.49. The van der Waals surface area contributed by atoms with Crippen molar-refractivity contribution in [1.82, 2.24) is 4.90 Å². The molecule has 4 heteroatoms. The average Bonchev–Trinajstić information content (AvgIpc) is 2.24. The van der Waals surface area contributed by atoms with Gasteiger partial charge in [-0.15, -0.1) is 0 Å². The molecule has 1 saturated heterocycles. The molecule has 0 aromatic carbocycles. The van der Waals surface area contributed by atoms with Crippen molar-refractivity contribution in [2.24, 2.45) is 5.92 Å². The SMILES string of the molecule is CC(C)C1CS(=O)(=O)CN1C(C)(C)C. The molecule has 3 nitrogen and oxygen atoms in total. The number of hydrogen-bond acceptors (Lipinski definition) is 3. The van der Waals surface area contributed by atoms with Gasteiger partial charge in [0.05, 0.1) is 5.75 Å². The lowest BCUT2D eigenvalue weighted by Gasteiger charge is -2.37. The summed E-state index contributed by atoms with van der Waals surface area (Å²) in [5.41, 5.74) is -0.0570. The molecule has 1 aliphatic rings. The molecule has 0 amide bonds. The molecular weight excluding hydrogens is 198 g/mol. The first-order valence-corrected chi connectivity index (χ1v) is 6.93. The lowest BCUT2D eigenvalue weighted by atomic mass is 9.98. The van der Waals surface area contributed by atoms with Crippen molar-refractivity contribution >= 4 is 9.84 Å². The molecule has 0 bridgehead atoms. The van der Waals surface area contributed by atoms with E-state index in [0.717, 1.165) is 0 Å². The Bertz CT molecular complexity index is 301. The van der Waals surface area contributed by atoms with Gasteiger partial charge in [-0.05, 0) is 26.7 Å². The number of hydrogen-bond donors (Lipinski definition) is 0. The Hall–Kier alpha value is -0.0900. The highest BCUT2D eigenvalue weighted by molar-refractivity contribution is 7.91. The third-order valence-corrected chi connectivity index (χ3v) is 4.31. The third-order valence-electron chi connectivity index (χ3n) is 2.79. The highest BCUT2D eigenvalue weighted by Gasteiger charge is 2.42. The Kier molecular flexibility index (Phi) is 2.99. The van der Waals surface area contributed by atoms with Crippen LogP contribution >= 0.6 is 0 Å². The maximum absolute atomic E-state index is 11.6. The van der Waals surface area contributed by atoms with Crippen LogP contribution in [0.3, 0.4) is 0 Å². The van der Waals surface area contributed by atoms with Crippen molar-refractivity contribution in [3.63, 3.8) is 0 Å². The summed E-state index contributed by atoms with van der Waals surface area (Å²) < 4.78 is 23.1. The number of rotatable bonds is 1. The highest BCUT2D eigenvalue weighted by atomic mass is 32.2. The maximum Gasteiger partial charge on any atom is 0.165 e. The van der Waals surface area contributed by atoms with Crippen LogP contribution in [0.5, 0.6) is 0 Å². The second-order valence-corrected chi connectivity index (χ2v) is 7.57. The zero-order chi connectivity index (χ0) is 11.1. The first-order valence-electron chi connectivity index (χ1n) is 5.10. The van der Waals surface area contributed by atoms with Gasteiger partial charge in [-0.2, -0.15) is 0 Å². The molecule has 0 aromatic heterocycles. The van der Waals surface area contributed by atoms with E-state index in [2.05, 4.69) is 39.5 Å². The van der Waals surface area contributed by atoms with Crippen molar-refractivity contribution in [3.05, 3.63) is 0 Å². The van der Waals surface area contributed by atoms with Crippen molar-refractivity contribution in [2.45, 2.75) is 46.2 Å². The van der Waals surface area contributed by atoms with Crippen molar-refractivity contribution < 1.29 is 8.42 Å². The Balaban J connectivity index is 2.95. The third kappa shape index (κ3) is 2.48. The zero-order valence-corrected chi connectivity index (χ0v) is 10.6. The maximum atomic E-state index is 11.6. The number of sulfone groups is 1. The van der Waals surface area contributed by atoms with Crippen LogP contribution in [0.4, 0.5) is 0 Å². The molecule has 1 fully saturated rings. The average molecular weight is 219 g/mol. The lowest BCUT2D eigenvalue weighted by molar-refractivity contribution is 0.103. The summed E-state index contributed by atoms with van der Waals surface area (Å²) in [4.78, 5) is 2.10. The molecule has 0 N–H and O–H groups in total. The summed E-state index contributed by atoms with van der Waals surface area (Å²) in [6.07, 6.45) is 0. The summed E-state index contributed by atoms with van der Waals surface area (Å²) in [5.74, 6) is 0.938. The van der Waals surface area contributed by atoms with E-state index in [-0.39, 0.29) is 17.5 Å². The summed E-state index contributed by atoms with van der Waals surface area (Å²) in [5, 5.41) is 0. The van der Waals surface area contributed by atoms with Gasteiger partial charge in [0.1, 0.15) is 5.88 Å². The van der Waals surface area contributed by atoms with Crippen LogP contribution in [-0.4, -0.2) is 36.5 Å². The Morgan fingerprint density at radius 2 is 1.79 bits per heavy atom. The van der Waals surface area contributed by atoms with E-state index in [1.54, 1.807) is 0 Å². The highest BCUT2D eigenvalue weighted by Crippen LogP contribution is 2.29. The van der Waals surface area contributed by atoms with E-state index >= 15 is 0 Å². The molecule has 84 valence electrons. The van der Waals surface area contributed by atoms with Crippen LogP contribution in [-0.2, 0) is 9.84 Å². The minimum absolute atomic E-state index is 0.0570. The molecule has 1 aliphatic heterocycles. The van der Waals surface area contributed by atoms with Crippen LogP contribution in [0.1, 0.15) is 34.6 Å². The van der Waals surface area contributed by atoms with Gasteiger partial charge in [0, 0.05) is 11.6 Å². The van der Waals surface area contributed by atoms with Gasteiger partial charge < -0.3 is 0 Å².